The second-order valence-corrected chi connectivity index (χ2v) is 4.04. The van der Waals surface area contributed by atoms with Crippen molar-refractivity contribution in [3.8, 4) is 16.9 Å². The monoisotopic (exact) mass is 288 g/mol. The summed E-state index contributed by atoms with van der Waals surface area (Å²) in [5.41, 5.74) is -1.47. The van der Waals surface area contributed by atoms with Crippen molar-refractivity contribution in [1.82, 2.24) is 0 Å². The topological polar surface area (TPSA) is 9.23 Å². The summed E-state index contributed by atoms with van der Waals surface area (Å²) in [4.78, 5) is 0. The largest absolute Gasteiger partial charge is 0.497 e. The molecule has 0 saturated carbocycles. The van der Waals surface area contributed by atoms with Gasteiger partial charge in [0.15, 0.2) is 0 Å². The lowest BCUT2D eigenvalue weighted by molar-refractivity contribution is -0.142. The molecule has 0 aliphatic carbocycles. The highest BCUT2D eigenvalue weighted by molar-refractivity contribution is 5.65. The van der Waals surface area contributed by atoms with E-state index in [1.807, 2.05) is 0 Å². The van der Waals surface area contributed by atoms with Gasteiger partial charge in [0.1, 0.15) is 22.9 Å². The molecule has 2 aromatic carbocycles. The summed E-state index contributed by atoms with van der Waals surface area (Å²) >= 11 is 0. The maximum Gasteiger partial charge on any atom is 0.422 e. The highest BCUT2D eigenvalue weighted by Gasteiger charge is 2.37. The number of hydrogen-bond acceptors (Lipinski definition) is 1. The maximum atomic E-state index is 13.5. The molecule has 0 radical (unpaired) electrons. The number of alkyl halides is 3. The van der Waals surface area contributed by atoms with Gasteiger partial charge in [-0.25, -0.2) is 8.78 Å². The number of ether oxygens (including phenoxy) is 1. The molecule has 106 valence electrons. The number of halogens is 5. The van der Waals surface area contributed by atoms with Crippen LogP contribution in [0.3, 0.4) is 0 Å². The Morgan fingerprint density at radius 1 is 0.850 bits per heavy atom. The second kappa shape index (κ2) is 5.11. The summed E-state index contributed by atoms with van der Waals surface area (Å²) < 4.78 is 69.2. The van der Waals surface area contributed by atoms with E-state index in [0.29, 0.717) is 23.4 Å². The lowest BCUT2D eigenvalue weighted by Gasteiger charge is -2.11. The number of hydrogen-bond donors (Lipinski definition) is 0. The van der Waals surface area contributed by atoms with Gasteiger partial charge in [0.2, 0.25) is 0 Å². The van der Waals surface area contributed by atoms with E-state index in [1.54, 1.807) is 12.1 Å². The Hall–Kier alpha value is -2.11. The van der Waals surface area contributed by atoms with E-state index in [-0.39, 0.29) is 5.56 Å². The zero-order chi connectivity index (χ0) is 14.9. The SMILES string of the molecule is COc1ccc(-c2cc(F)c(C(F)(F)F)c(F)c2)cc1. The van der Waals surface area contributed by atoms with E-state index < -0.39 is 23.4 Å². The second-order valence-electron chi connectivity index (χ2n) is 4.04. The van der Waals surface area contributed by atoms with Crippen LogP contribution in [0.4, 0.5) is 22.0 Å². The highest BCUT2D eigenvalue weighted by Crippen LogP contribution is 2.36. The van der Waals surface area contributed by atoms with Gasteiger partial charge >= 0.3 is 6.18 Å². The highest BCUT2D eigenvalue weighted by atomic mass is 19.4. The molecule has 0 atom stereocenters. The van der Waals surface area contributed by atoms with E-state index in [9.17, 15) is 22.0 Å². The molecule has 20 heavy (non-hydrogen) atoms. The summed E-state index contributed by atoms with van der Waals surface area (Å²) in [6.07, 6.45) is -5.06. The first-order valence-corrected chi connectivity index (χ1v) is 5.53. The van der Waals surface area contributed by atoms with Crippen LogP contribution in [0.15, 0.2) is 36.4 Å². The summed E-state index contributed by atoms with van der Waals surface area (Å²) in [7, 11) is 1.45. The fourth-order valence-electron chi connectivity index (χ4n) is 1.79. The molecular weight excluding hydrogens is 279 g/mol. The van der Waals surface area contributed by atoms with E-state index in [0.717, 1.165) is 0 Å². The van der Waals surface area contributed by atoms with Crippen molar-refractivity contribution in [2.75, 3.05) is 7.11 Å². The first kappa shape index (κ1) is 14.3. The third-order valence-electron chi connectivity index (χ3n) is 2.75. The average Bonchev–Trinajstić information content (AvgIpc) is 2.36. The number of methoxy groups -OCH3 is 1. The summed E-state index contributed by atoms with van der Waals surface area (Å²) in [6.45, 7) is 0. The van der Waals surface area contributed by atoms with Crippen molar-refractivity contribution in [1.29, 1.82) is 0 Å². The van der Waals surface area contributed by atoms with Gasteiger partial charge in [0, 0.05) is 0 Å². The molecule has 6 heteroatoms. The van der Waals surface area contributed by atoms with Crippen molar-refractivity contribution < 1.29 is 26.7 Å². The smallest absolute Gasteiger partial charge is 0.422 e. The van der Waals surface area contributed by atoms with Crippen LogP contribution in [-0.2, 0) is 6.18 Å². The standard InChI is InChI=1S/C14H9F5O/c1-20-10-4-2-8(3-5-10)9-6-11(15)13(12(16)7-9)14(17,18)19/h2-7H,1H3. The van der Waals surface area contributed by atoms with Crippen LogP contribution in [0.5, 0.6) is 5.75 Å². The van der Waals surface area contributed by atoms with Crippen molar-refractivity contribution in [3.63, 3.8) is 0 Å². The van der Waals surface area contributed by atoms with Crippen molar-refractivity contribution >= 4 is 0 Å². The van der Waals surface area contributed by atoms with Gasteiger partial charge in [-0.1, -0.05) is 12.1 Å². The molecule has 0 spiro atoms. The first-order chi connectivity index (χ1) is 9.32. The van der Waals surface area contributed by atoms with Gasteiger partial charge in [-0.3, -0.25) is 0 Å². The van der Waals surface area contributed by atoms with Gasteiger partial charge in [-0.05, 0) is 35.4 Å². The molecule has 0 aliphatic heterocycles. The molecule has 0 N–H and O–H groups in total. The molecule has 2 rings (SSSR count). The summed E-state index contributed by atoms with van der Waals surface area (Å²) in [5, 5.41) is 0. The fraction of sp³-hybridized carbons (Fsp3) is 0.143. The van der Waals surface area contributed by atoms with Crippen LogP contribution in [0.25, 0.3) is 11.1 Å². The minimum absolute atomic E-state index is 0.0238. The molecule has 0 aliphatic rings. The molecule has 0 fully saturated rings. The summed E-state index contributed by atoms with van der Waals surface area (Å²) in [5.74, 6) is -2.74. The van der Waals surface area contributed by atoms with Crippen LogP contribution in [0.1, 0.15) is 5.56 Å². The van der Waals surface area contributed by atoms with E-state index >= 15 is 0 Å². The Morgan fingerprint density at radius 3 is 1.75 bits per heavy atom. The molecule has 0 amide bonds. The fourth-order valence-corrected chi connectivity index (χ4v) is 1.79. The van der Waals surface area contributed by atoms with Crippen LogP contribution in [0, 0.1) is 11.6 Å². The van der Waals surface area contributed by atoms with E-state index in [2.05, 4.69) is 0 Å². The quantitative estimate of drug-likeness (QED) is 0.730. The Labute approximate surface area is 111 Å². The van der Waals surface area contributed by atoms with Gasteiger partial charge in [0.05, 0.1) is 7.11 Å². The van der Waals surface area contributed by atoms with Gasteiger partial charge in [-0.15, -0.1) is 0 Å². The molecule has 2 aromatic rings. The maximum absolute atomic E-state index is 13.5. The number of benzene rings is 2. The van der Waals surface area contributed by atoms with Crippen molar-refractivity contribution in [2.45, 2.75) is 6.18 Å². The molecule has 0 heterocycles. The van der Waals surface area contributed by atoms with Crippen LogP contribution < -0.4 is 4.74 Å². The molecule has 0 saturated heterocycles. The lowest BCUT2D eigenvalue weighted by Crippen LogP contribution is -2.11. The van der Waals surface area contributed by atoms with Gasteiger partial charge < -0.3 is 4.74 Å². The number of rotatable bonds is 2. The van der Waals surface area contributed by atoms with Crippen molar-refractivity contribution in [3.05, 3.63) is 53.6 Å². The first-order valence-electron chi connectivity index (χ1n) is 5.53. The van der Waals surface area contributed by atoms with E-state index in [4.69, 9.17) is 4.74 Å². The van der Waals surface area contributed by atoms with Gasteiger partial charge in [-0.2, -0.15) is 13.2 Å². The lowest BCUT2D eigenvalue weighted by atomic mass is 10.0. The predicted molar refractivity (Wildman–Crippen MR) is 63.3 cm³/mol. The third kappa shape index (κ3) is 2.74. The van der Waals surface area contributed by atoms with Crippen LogP contribution in [-0.4, -0.2) is 7.11 Å². The molecule has 0 bridgehead atoms. The molecule has 0 aromatic heterocycles. The predicted octanol–water partition coefficient (Wildman–Crippen LogP) is 4.66. The van der Waals surface area contributed by atoms with Crippen LogP contribution in [0.2, 0.25) is 0 Å². The zero-order valence-corrected chi connectivity index (χ0v) is 10.3. The van der Waals surface area contributed by atoms with E-state index in [1.165, 1.54) is 19.2 Å². The minimum Gasteiger partial charge on any atom is -0.497 e. The third-order valence-corrected chi connectivity index (χ3v) is 2.75. The Balaban J connectivity index is 2.49. The Morgan fingerprint density at radius 2 is 1.35 bits per heavy atom. The Bertz CT molecular complexity index is 593. The Kier molecular flexibility index (Phi) is 3.65. The summed E-state index contributed by atoms with van der Waals surface area (Å²) in [6, 6.07) is 7.41. The van der Waals surface area contributed by atoms with Crippen molar-refractivity contribution in [2.24, 2.45) is 0 Å². The normalized spacial score (nSPS) is 11.5. The zero-order valence-electron chi connectivity index (χ0n) is 10.3. The molecule has 1 nitrogen and oxygen atoms in total. The van der Waals surface area contributed by atoms with Gasteiger partial charge in [0.25, 0.3) is 0 Å². The molecule has 0 unspecified atom stereocenters. The minimum atomic E-state index is -5.06. The van der Waals surface area contributed by atoms with Crippen LogP contribution >= 0.6 is 0 Å². The molecular formula is C14H9F5O. The average molecular weight is 288 g/mol.